The molecule has 4 rings (SSSR count). The van der Waals surface area contributed by atoms with Crippen LogP contribution in [0.5, 0.6) is 0 Å². The van der Waals surface area contributed by atoms with E-state index in [-0.39, 0.29) is 4.90 Å². The fraction of sp³-hybridized carbons (Fsp3) is 0.0500. The van der Waals surface area contributed by atoms with E-state index in [1.807, 2.05) is 0 Å². The average molecular weight is 448 g/mol. The van der Waals surface area contributed by atoms with Gasteiger partial charge in [0.2, 0.25) is 0 Å². The molecule has 0 aliphatic carbocycles. The third kappa shape index (κ3) is 3.82. The number of hydrazine groups is 1. The highest BCUT2D eigenvalue weighted by Crippen LogP contribution is 2.34. The lowest BCUT2D eigenvalue weighted by molar-refractivity contribution is 0.0633. The second-order valence-electron chi connectivity index (χ2n) is 6.35. The monoisotopic (exact) mass is 447 g/mol. The van der Waals surface area contributed by atoms with Crippen molar-refractivity contribution in [3.05, 3.63) is 94.0 Å². The highest BCUT2D eigenvalue weighted by Gasteiger charge is 2.36. The number of nitrogens with zero attached hydrogens (tertiary/aromatic N) is 1. The van der Waals surface area contributed by atoms with Crippen LogP contribution in [0.2, 0.25) is 10.0 Å². The first-order valence-corrected chi connectivity index (χ1v) is 10.8. The number of carbonyl (C=O) groups excluding carboxylic acids is 1. The summed E-state index contributed by atoms with van der Waals surface area (Å²) in [6.45, 7) is 0. The highest BCUT2D eigenvalue weighted by atomic mass is 35.5. The number of amides is 1. The largest absolute Gasteiger partial charge is 0.360 e. The maximum atomic E-state index is 13.2. The van der Waals surface area contributed by atoms with Crippen LogP contribution in [0, 0.1) is 0 Å². The van der Waals surface area contributed by atoms with E-state index in [1.165, 1.54) is 12.1 Å². The molecule has 0 radical (unpaired) electrons. The van der Waals surface area contributed by atoms with Gasteiger partial charge in [0.05, 0.1) is 20.5 Å². The molecule has 3 aromatic carbocycles. The summed E-state index contributed by atoms with van der Waals surface area (Å²) >= 11 is 12.2. The van der Waals surface area contributed by atoms with Gasteiger partial charge in [-0.15, -0.1) is 4.83 Å². The summed E-state index contributed by atoms with van der Waals surface area (Å²) in [5.74, 6) is -0.491. The number of benzene rings is 3. The minimum atomic E-state index is -4.00. The summed E-state index contributed by atoms with van der Waals surface area (Å²) in [5.41, 5.74) is 1.50. The number of halogens is 2. The molecule has 3 aromatic rings. The van der Waals surface area contributed by atoms with Crippen LogP contribution in [0.15, 0.2) is 77.7 Å². The van der Waals surface area contributed by atoms with Gasteiger partial charge in [0.25, 0.3) is 15.9 Å². The third-order valence-electron chi connectivity index (χ3n) is 4.46. The number of carbonyl (C=O) groups is 1. The number of rotatable bonds is 4. The van der Waals surface area contributed by atoms with Gasteiger partial charge in [-0.25, -0.2) is 13.4 Å². The number of para-hydroxylation sites is 1. The summed E-state index contributed by atoms with van der Waals surface area (Å²) in [7, 11) is -4.00. The van der Waals surface area contributed by atoms with Gasteiger partial charge in [-0.3, -0.25) is 4.79 Å². The van der Waals surface area contributed by atoms with Gasteiger partial charge >= 0.3 is 0 Å². The maximum Gasteiger partial charge on any atom is 0.273 e. The molecule has 1 aliphatic rings. The zero-order valence-corrected chi connectivity index (χ0v) is 17.2. The van der Waals surface area contributed by atoms with Crippen LogP contribution in [0.4, 0.5) is 5.69 Å². The molecule has 0 aromatic heterocycles. The van der Waals surface area contributed by atoms with Gasteiger partial charge in [0.1, 0.15) is 6.17 Å². The lowest BCUT2D eigenvalue weighted by Crippen LogP contribution is -2.52. The van der Waals surface area contributed by atoms with Crippen LogP contribution in [0.3, 0.4) is 0 Å². The van der Waals surface area contributed by atoms with Gasteiger partial charge in [-0.2, -0.15) is 0 Å². The van der Waals surface area contributed by atoms with Gasteiger partial charge in [0.15, 0.2) is 0 Å². The summed E-state index contributed by atoms with van der Waals surface area (Å²) in [6.07, 6.45) is -0.828. The van der Waals surface area contributed by atoms with Gasteiger partial charge in [-0.05, 0) is 42.0 Å². The Morgan fingerprint density at radius 1 is 0.897 bits per heavy atom. The molecular formula is C20H15Cl2N3O3S. The predicted octanol–water partition coefficient (Wildman–Crippen LogP) is 4.45. The fourth-order valence-corrected chi connectivity index (χ4v) is 4.42. The molecule has 1 amide bonds. The van der Waals surface area contributed by atoms with Crippen LogP contribution >= 0.6 is 23.2 Å². The predicted molar refractivity (Wildman–Crippen MR) is 112 cm³/mol. The molecule has 0 saturated carbocycles. The van der Waals surface area contributed by atoms with E-state index in [4.69, 9.17) is 23.2 Å². The first kappa shape index (κ1) is 19.7. The molecule has 9 heteroatoms. The van der Waals surface area contributed by atoms with Crippen molar-refractivity contribution < 1.29 is 13.2 Å². The van der Waals surface area contributed by atoms with E-state index >= 15 is 0 Å². The summed E-state index contributed by atoms with van der Waals surface area (Å²) in [4.78, 5) is 15.6. The van der Waals surface area contributed by atoms with Crippen molar-refractivity contribution in [3.8, 4) is 0 Å². The van der Waals surface area contributed by atoms with Crippen molar-refractivity contribution in [1.29, 1.82) is 0 Å². The third-order valence-corrected chi connectivity index (χ3v) is 6.53. The second-order valence-corrected chi connectivity index (χ2v) is 8.82. The number of hydrogen-bond acceptors (Lipinski definition) is 4. The van der Waals surface area contributed by atoms with Crippen molar-refractivity contribution in [3.63, 3.8) is 0 Å². The molecule has 1 atom stereocenters. The van der Waals surface area contributed by atoms with Crippen molar-refractivity contribution in [2.45, 2.75) is 11.1 Å². The zero-order chi connectivity index (χ0) is 20.6. The van der Waals surface area contributed by atoms with E-state index in [9.17, 15) is 13.2 Å². The van der Waals surface area contributed by atoms with Crippen LogP contribution in [0.25, 0.3) is 0 Å². The van der Waals surface area contributed by atoms with Gasteiger partial charge in [0, 0.05) is 5.69 Å². The average Bonchev–Trinajstić information content (AvgIpc) is 2.73. The molecule has 0 unspecified atom stereocenters. The minimum Gasteiger partial charge on any atom is -0.360 e. The van der Waals surface area contributed by atoms with E-state index in [0.29, 0.717) is 26.9 Å². The molecule has 6 nitrogen and oxygen atoms in total. The molecular weight excluding hydrogens is 433 g/mol. The summed E-state index contributed by atoms with van der Waals surface area (Å²) < 4.78 is 25.8. The van der Waals surface area contributed by atoms with Crippen LogP contribution in [-0.2, 0) is 10.0 Å². The molecule has 29 heavy (non-hydrogen) atoms. The molecule has 0 fully saturated rings. The number of anilines is 1. The van der Waals surface area contributed by atoms with Crippen LogP contribution < -0.4 is 10.1 Å². The van der Waals surface area contributed by atoms with Crippen LogP contribution in [-0.4, -0.2) is 19.3 Å². The Hall–Kier alpha value is -2.58. The molecule has 0 spiro atoms. The molecule has 0 saturated heterocycles. The lowest BCUT2D eigenvalue weighted by Gasteiger charge is -2.37. The van der Waals surface area contributed by atoms with Crippen molar-refractivity contribution >= 4 is 44.8 Å². The first-order chi connectivity index (χ1) is 13.9. The number of sulfonamides is 1. The van der Waals surface area contributed by atoms with Crippen molar-refractivity contribution in [2.75, 3.05) is 5.32 Å². The van der Waals surface area contributed by atoms with E-state index < -0.39 is 22.1 Å². The van der Waals surface area contributed by atoms with Crippen molar-refractivity contribution in [2.24, 2.45) is 0 Å². The number of hydrogen-bond donors (Lipinski definition) is 2. The first-order valence-electron chi connectivity index (χ1n) is 8.58. The van der Waals surface area contributed by atoms with Crippen LogP contribution in [0.1, 0.15) is 22.1 Å². The topological polar surface area (TPSA) is 78.5 Å². The minimum absolute atomic E-state index is 0.0412. The van der Waals surface area contributed by atoms with E-state index in [2.05, 4.69) is 10.1 Å². The smallest absolute Gasteiger partial charge is 0.273 e. The van der Waals surface area contributed by atoms with E-state index in [0.717, 1.165) is 5.01 Å². The van der Waals surface area contributed by atoms with Gasteiger partial charge in [-0.1, -0.05) is 59.6 Å². The standard InChI is InChI=1S/C20H15Cl2N3O3S/c21-16-11-10-13(12-17(16)22)19-23-18-9-5-4-8-15(18)20(26)25(19)24-29(27,28)14-6-2-1-3-7-14/h1-12,19,23-24H/t19-/m1/s1. The fourth-order valence-electron chi connectivity index (χ4n) is 3.05. The second kappa shape index (κ2) is 7.68. The lowest BCUT2D eigenvalue weighted by atomic mass is 10.1. The van der Waals surface area contributed by atoms with E-state index in [1.54, 1.807) is 60.7 Å². The molecule has 1 aliphatic heterocycles. The maximum absolute atomic E-state index is 13.2. The zero-order valence-electron chi connectivity index (χ0n) is 14.8. The molecule has 148 valence electrons. The Morgan fingerprint density at radius 2 is 1.59 bits per heavy atom. The Labute approximate surface area is 178 Å². The summed E-state index contributed by atoms with van der Waals surface area (Å²) in [6, 6.07) is 19.6. The number of fused-ring (bicyclic) bond motifs is 1. The molecule has 1 heterocycles. The number of nitrogens with one attached hydrogen (secondary N) is 2. The summed E-state index contributed by atoms with van der Waals surface area (Å²) in [5, 5.41) is 4.89. The normalized spacial score (nSPS) is 16.3. The Balaban J connectivity index is 1.79. The SMILES string of the molecule is O=C1c2ccccc2N[C@@H](c2ccc(Cl)c(Cl)c2)N1NS(=O)(=O)c1ccccc1. The Morgan fingerprint density at radius 3 is 2.31 bits per heavy atom. The highest BCUT2D eigenvalue weighted by molar-refractivity contribution is 7.89. The quantitative estimate of drug-likeness (QED) is 0.618. The molecule has 2 N–H and O–H groups in total. The Bertz CT molecular complexity index is 1190. The Kier molecular flexibility index (Phi) is 5.23. The molecule has 0 bridgehead atoms. The van der Waals surface area contributed by atoms with Crippen molar-refractivity contribution in [1.82, 2.24) is 9.84 Å². The van der Waals surface area contributed by atoms with Gasteiger partial charge < -0.3 is 5.32 Å².